The predicted octanol–water partition coefficient (Wildman–Crippen LogP) is 4.23. The topological polar surface area (TPSA) is 72.2 Å². The van der Waals surface area contributed by atoms with E-state index in [-0.39, 0.29) is 11.5 Å². The third kappa shape index (κ3) is 2.45. The molecule has 0 aliphatic rings. The lowest BCUT2D eigenvalue weighted by Gasteiger charge is -2.07. The number of carbonyl (C=O) groups is 2. The molecule has 2 aromatic heterocycles. The lowest BCUT2D eigenvalue weighted by molar-refractivity contribution is 0.0696. The number of carboxylic acids is 1. The highest BCUT2D eigenvalue weighted by Crippen LogP contribution is 2.30. The van der Waals surface area contributed by atoms with Gasteiger partial charge in [-0.2, -0.15) is 0 Å². The molecule has 4 rings (SSSR count). The Bertz CT molecular complexity index is 1160. The number of hydrogen-bond acceptors (Lipinski definition) is 3. The van der Waals surface area contributed by atoms with E-state index >= 15 is 0 Å². The number of fused-ring (bicyclic) bond motifs is 3. The van der Waals surface area contributed by atoms with Crippen molar-refractivity contribution in [3.05, 3.63) is 77.1 Å². The van der Waals surface area contributed by atoms with Gasteiger partial charge in [0.25, 0.3) is 5.91 Å². The summed E-state index contributed by atoms with van der Waals surface area (Å²) in [6.07, 6.45) is 3.26. The molecule has 1 N–H and O–H groups in total. The van der Waals surface area contributed by atoms with Crippen LogP contribution in [0.2, 0.25) is 5.02 Å². The van der Waals surface area contributed by atoms with Crippen LogP contribution < -0.4 is 0 Å². The first kappa shape index (κ1) is 15.4. The molecule has 0 atom stereocenters. The van der Waals surface area contributed by atoms with Gasteiger partial charge in [-0.15, -0.1) is 0 Å². The second-order valence-electron chi connectivity index (χ2n) is 5.58. The van der Waals surface area contributed by atoms with Crippen molar-refractivity contribution in [2.45, 2.75) is 0 Å². The molecule has 0 aliphatic carbocycles. The number of rotatable bonds is 2. The summed E-state index contributed by atoms with van der Waals surface area (Å²) in [5.41, 5.74) is 1.72. The van der Waals surface area contributed by atoms with Gasteiger partial charge in [-0.25, -0.2) is 4.79 Å². The fourth-order valence-corrected chi connectivity index (χ4v) is 3.16. The number of aromatic nitrogens is 2. The standard InChI is InChI=1S/C19H11ClN2O3/c20-13-3-1-2-11(8-13)18(23)22-16-6-7-21-10-15(16)14-5-4-12(19(24)25)9-17(14)22/h1-10H,(H,24,25). The highest BCUT2D eigenvalue weighted by atomic mass is 35.5. The molecule has 2 aromatic carbocycles. The van der Waals surface area contributed by atoms with Gasteiger partial charge >= 0.3 is 5.97 Å². The number of nitrogens with zero attached hydrogens (tertiary/aromatic N) is 2. The van der Waals surface area contributed by atoms with Gasteiger partial charge in [0, 0.05) is 33.8 Å². The number of benzene rings is 2. The van der Waals surface area contributed by atoms with Crippen LogP contribution in [-0.2, 0) is 0 Å². The van der Waals surface area contributed by atoms with Gasteiger partial charge in [-0.1, -0.05) is 23.7 Å². The zero-order chi connectivity index (χ0) is 17.6. The van der Waals surface area contributed by atoms with Gasteiger partial charge in [0.2, 0.25) is 0 Å². The molecule has 122 valence electrons. The number of aromatic carboxylic acids is 1. The number of carbonyl (C=O) groups excluding carboxylic acids is 1. The molecule has 0 aliphatic heterocycles. The third-order valence-corrected chi connectivity index (χ3v) is 4.32. The van der Waals surface area contributed by atoms with Crippen LogP contribution in [0.1, 0.15) is 20.7 Å². The molecular formula is C19H11ClN2O3. The van der Waals surface area contributed by atoms with Crippen molar-refractivity contribution < 1.29 is 14.7 Å². The summed E-state index contributed by atoms with van der Waals surface area (Å²) in [4.78, 5) is 28.6. The van der Waals surface area contributed by atoms with Gasteiger partial charge in [0.1, 0.15) is 0 Å². The summed E-state index contributed by atoms with van der Waals surface area (Å²) in [6.45, 7) is 0. The zero-order valence-electron chi connectivity index (χ0n) is 12.8. The molecule has 0 spiro atoms. The molecule has 0 bridgehead atoms. The Morgan fingerprint density at radius 1 is 0.960 bits per heavy atom. The van der Waals surface area contributed by atoms with Crippen LogP contribution >= 0.6 is 11.6 Å². The number of pyridine rings is 1. The molecule has 0 unspecified atom stereocenters. The Balaban J connectivity index is 2.07. The average molecular weight is 351 g/mol. The minimum absolute atomic E-state index is 0.114. The first-order chi connectivity index (χ1) is 12.1. The number of hydrogen-bond donors (Lipinski definition) is 1. The van der Waals surface area contributed by atoms with E-state index in [9.17, 15) is 14.7 Å². The Kier molecular flexibility index (Phi) is 3.51. The average Bonchev–Trinajstić information content (AvgIpc) is 2.94. The van der Waals surface area contributed by atoms with Gasteiger partial charge in [0.15, 0.2) is 0 Å². The van der Waals surface area contributed by atoms with Crippen molar-refractivity contribution >= 4 is 45.3 Å². The number of carboxylic acid groups (broad SMARTS) is 1. The summed E-state index contributed by atoms with van der Waals surface area (Å²) in [7, 11) is 0. The molecule has 0 radical (unpaired) electrons. The Labute approximate surface area is 147 Å². The Morgan fingerprint density at radius 3 is 2.56 bits per heavy atom. The fraction of sp³-hybridized carbons (Fsp3) is 0. The van der Waals surface area contributed by atoms with Crippen molar-refractivity contribution in [1.29, 1.82) is 0 Å². The minimum Gasteiger partial charge on any atom is -0.478 e. The lowest BCUT2D eigenvalue weighted by atomic mass is 10.1. The molecule has 0 saturated carbocycles. The summed E-state index contributed by atoms with van der Waals surface area (Å²) in [6, 6.07) is 13.1. The first-order valence-electron chi connectivity index (χ1n) is 7.48. The lowest BCUT2D eigenvalue weighted by Crippen LogP contribution is -2.12. The van der Waals surface area contributed by atoms with Crippen LogP contribution in [0.25, 0.3) is 21.8 Å². The van der Waals surface area contributed by atoms with E-state index in [0.717, 1.165) is 10.8 Å². The van der Waals surface area contributed by atoms with Crippen LogP contribution in [0, 0.1) is 0 Å². The monoisotopic (exact) mass is 350 g/mol. The summed E-state index contributed by atoms with van der Waals surface area (Å²) >= 11 is 6.00. The maximum Gasteiger partial charge on any atom is 0.335 e. The normalized spacial score (nSPS) is 11.1. The van der Waals surface area contributed by atoms with Crippen molar-refractivity contribution in [2.24, 2.45) is 0 Å². The predicted molar refractivity (Wildman–Crippen MR) is 95.4 cm³/mol. The van der Waals surface area contributed by atoms with Gasteiger partial charge in [-0.3, -0.25) is 14.3 Å². The first-order valence-corrected chi connectivity index (χ1v) is 7.86. The molecule has 0 fully saturated rings. The maximum atomic E-state index is 13.1. The SMILES string of the molecule is O=C(O)c1ccc2c3cnccc3n(C(=O)c3cccc(Cl)c3)c2c1. The Morgan fingerprint density at radius 2 is 1.80 bits per heavy atom. The van der Waals surface area contributed by atoms with Crippen LogP contribution in [0.3, 0.4) is 0 Å². The second kappa shape index (κ2) is 5.72. The van der Waals surface area contributed by atoms with Crippen molar-refractivity contribution in [3.8, 4) is 0 Å². The molecule has 4 aromatic rings. The van der Waals surface area contributed by atoms with E-state index in [4.69, 9.17) is 11.6 Å². The van der Waals surface area contributed by atoms with Crippen LogP contribution in [0.4, 0.5) is 0 Å². The van der Waals surface area contributed by atoms with Crippen molar-refractivity contribution in [1.82, 2.24) is 9.55 Å². The third-order valence-electron chi connectivity index (χ3n) is 4.09. The smallest absolute Gasteiger partial charge is 0.335 e. The van der Waals surface area contributed by atoms with Gasteiger partial charge < -0.3 is 5.11 Å². The summed E-state index contributed by atoms with van der Waals surface area (Å²) in [5, 5.41) is 11.3. The highest BCUT2D eigenvalue weighted by molar-refractivity contribution is 6.31. The van der Waals surface area contributed by atoms with Crippen molar-refractivity contribution in [3.63, 3.8) is 0 Å². The summed E-state index contributed by atoms with van der Waals surface area (Å²) < 4.78 is 1.50. The Hall–Kier alpha value is -3.18. The van der Waals surface area contributed by atoms with Crippen molar-refractivity contribution in [2.75, 3.05) is 0 Å². The molecule has 25 heavy (non-hydrogen) atoms. The van der Waals surface area contributed by atoms with E-state index in [1.807, 2.05) is 0 Å². The van der Waals surface area contributed by atoms with E-state index in [1.165, 1.54) is 16.7 Å². The molecular weight excluding hydrogens is 340 g/mol. The van der Waals surface area contributed by atoms with Crippen LogP contribution in [0.5, 0.6) is 0 Å². The van der Waals surface area contributed by atoms with Gasteiger partial charge in [-0.05, 0) is 36.4 Å². The highest BCUT2D eigenvalue weighted by Gasteiger charge is 2.19. The minimum atomic E-state index is -1.05. The molecule has 2 heterocycles. The van der Waals surface area contributed by atoms with Crippen LogP contribution in [0.15, 0.2) is 60.9 Å². The molecule has 0 saturated heterocycles. The van der Waals surface area contributed by atoms with E-state index < -0.39 is 5.97 Å². The maximum absolute atomic E-state index is 13.1. The van der Waals surface area contributed by atoms with Gasteiger partial charge in [0.05, 0.1) is 16.6 Å². The number of halogens is 1. The quantitative estimate of drug-likeness (QED) is 0.587. The largest absolute Gasteiger partial charge is 0.478 e. The van der Waals surface area contributed by atoms with E-state index in [0.29, 0.717) is 21.6 Å². The second-order valence-corrected chi connectivity index (χ2v) is 6.02. The van der Waals surface area contributed by atoms with E-state index in [2.05, 4.69) is 4.98 Å². The molecule has 0 amide bonds. The van der Waals surface area contributed by atoms with E-state index in [1.54, 1.807) is 48.8 Å². The fourth-order valence-electron chi connectivity index (χ4n) is 2.97. The molecule has 6 heteroatoms. The molecule has 5 nitrogen and oxygen atoms in total. The van der Waals surface area contributed by atoms with Crippen LogP contribution in [-0.4, -0.2) is 26.5 Å². The summed E-state index contributed by atoms with van der Waals surface area (Å²) in [5.74, 6) is -1.33. The zero-order valence-corrected chi connectivity index (χ0v) is 13.6.